The van der Waals surface area contributed by atoms with Gasteiger partial charge in [-0.25, -0.2) is 4.79 Å². The zero-order valence-corrected chi connectivity index (χ0v) is 11.8. The van der Waals surface area contributed by atoms with Gasteiger partial charge in [-0.05, 0) is 0 Å². The summed E-state index contributed by atoms with van der Waals surface area (Å²) in [4.78, 5) is 22.0. The zero-order chi connectivity index (χ0) is 18.2. The minimum Gasteiger partial charge on any atom is -0.477 e. The lowest BCUT2D eigenvalue weighted by molar-refractivity contribution is -0.383. The van der Waals surface area contributed by atoms with Crippen molar-refractivity contribution in [3.8, 4) is 0 Å². The van der Waals surface area contributed by atoms with Crippen molar-refractivity contribution in [2.45, 2.75) is 49.1 Å². The van der Waals surface area contributed by atoms with E-state index in [4.69, 9.17) is 10.2 Å². The van der Waals surface area contributed by atoms with Crippen LogP contribution in [0.5, 0.6) is 0 Å². The molecular weight excluding hydrogens is 328 g/mol. The van der Waals surface area contributed by atoms with Gasteiger partial charge in [0.1, 0.15) is 24.4 Å². The highest BCUT2D eigenvalue weighted by Gasteiger charge is 2.72. The number of rotatable bonds is 5. The molecular formula is C11H17F2NO9. The molecule has 1 heterocycles. The summed E-state index contributed by atoms with van der Waals surface area (Å²) in [5.74, 6) is -12.5. The fourth-order valence-electron chi connectivity index (χ4n) is 2.15. The molecule has 10 nitrogen and oxygen atoms in total. The summed E-state index contributed by atoms with van der Waals surface area (Å²) in [5.41, 5.74) is 0. The zero-order valence-electron chi connectivity index (χ0n) is 11.8. The molecule has 6 atom stereocenters. The average molecular weight is 345 g/mol. The first-order valence-corrected chi connectivity index (χ1v) is 6.33. The number of aliphatic hydroxyl groups excluding tert-OH is 4. The van der Waals surface area contributed by atoms with Crippen molar-refractivity contribution in [2.75, 3.05) is 6.61 Å². The highest BCUT2D eigenvalue weighted by Crippen LogP contribution is 2.42. The normalized spacial score (nSPS) is 36.1. The molecule has 0 aromatic heterocycles. The smallest absolute Gasteiger partial charge is 0.371 e. The molecule has 0 radical (unpaired) electrons. The first-order valence-electron chi connectivity index (χ1n) is 6.33. The van der Waals surface area contributed by atoms with Gasteiger partial charge in [0.25, 0.3) is 0 Å². The number of carbonyl (C=O) groups excluding carboxylic acids is 1. The summed E-state index contributed by atoms with van der Waals surface area (Å²) >= 11 is 0. The van der Waals surface area contributed by atoms with Crippen molar-refractivity contribution in [3.63, 3.8) is 0 Å². The lowest BCUT2D eigenvalue weighted by atomic mass is 9.86. The third-order valence-corrected chi connectivity index (χ3v) is 3.40. The van der Waals surface area contributed by atoms with E-state index in [-0.39, 0.29) is 0 Å². The number of amides is 1. The van der Waals surface area contributed by atoms with Gasteiger partial charge in [-0.3, -0.25) is 4.79 Å². The topological polar surface area (TPSA) is 177 Å². The monoisotopic (exact) mass is 345 g/mol. The Kier molecular flexibility index (Phi) is 5.61. The molecule has 0 aromatic carbocycles. The van der Waals surface area contributed by atoms with Gasteiger partial charge >= 0.3 is 17.7 Å². The predicted molar refractivity (Wildman–Crippen MR) is 65.1 cm³/mol. The van der Waals surface area contributed by atoms with E-state index in [2.05, 4.69) is 4.74 Å². The average Bonchev–Trinajstić information content (AvgIpc) is 2.46. The summed E-state index contributed by atoms with van der Waals surface area (Å²) in [6.45, 7) is -0.180. The van der Waals surface area contributed by atoms with Crippen LogP contribution in [0.1, 0.15) is 6.92 Å². The first-order chi connectivity index (χ1) is 10.4. The third kappa shape index (κ3) is 3.27. The Bertz CT molecular complexity index is 476. The van der Waals surface area contributed by atoms with Gasteiger partial charge in [-0.1, -0.05) is 0 Å². The molecule has 1 rings (SSSR count). The molecule has 0 aromatic rings. The van der Waals surface area contributed by atoms with E-state index in [1.54, 1.807) is 0 Å². The van der Waals surface area contributed by atoms with E-state index in [0.29, 0.717) is 0 Å². The van der Waals surface area contributed by atoms with Crippen molar-refractivity contribution in [2.24, 2.45) is 0 Å². The molecule has 23 heavy (non-hydrogen) atoms. The molecule has 0 bridgehead atoms. The van der Waals surface area contributed by atoms with Crippen LogP contribution in [0, 0.1) is 0 Å². The molecule has 134 valence electrons. The Morgan fingerprint density at radius 1 is 1.35 bits per heavy atom. The van der Waals surface area contributed by atoms with Crippen LogP contribution in [0.4, 0.5) is 8.78 Å². The van der Waals surface area contributed by atoms with Crippen molar-refractivity contribution in [3.05, 3.63) is 0 Å². The van der Waals surface area contributed by atoms with Crippen LogP contribution in [0.15, 0.2) is 0 Å². The SMILES string of the molecule is CC(=O)N[C@@H]1[C@@H](O)C(F)(F)[C@](O)(C(=O)O)O[C@H]1C(O)[C@H](O)CO. The largest absolute Gasteiger partial charge is 0.477 e. The Balaban J connectivity index is 3.33. The van der Waals surface area contributed by atoms with Crippen LogP contribution in [0.3, 0.4) is 0 Å². The van der Waals surface area contributed by atoms with Crippen LogP contribution in [0.25, 0.3) is 0 Å². The number of carboxylic acid groups (broad SMARTS) is 1. The van der Waals surface area contributed by atoms with Crippen molar-refractivity contribution in [1.29, 1.82) is 0 Å². The maximum absolute atomic E-state index is 14.0. The second-order valence-electron chi connectivity index (χ2n) is 5.07. The van der Waals surface area contributed by atoms with Crippen molar-refractivity contribution in [1.82, 2.24) is 5.32 Å². The molecule has 1 saturated heterocycles. The molecule has 0 spiro atoms. The molecule has 1 amide bonds. The summed E-state index contributed by atoms with van der Waals surface area (Å²) in [6.07, 6.45) is -9.30. The lowest BCUT2D eigenvalue weighted by Gasteiger charge is -2.48. The molecule has 1 unspecified atom stereocenters. The van der Waals surface area contributed by atoms with E-state index in [1.165, 1.54) is 0 Å². The van der Waals surface area contributed by atoms with Gasteiger partial charge in [-0.15, -0.1) is 0 Å². The van der Waals surface area contributed by atoms with Crippen LogP contribution in [-0.2, 0) is 14.3 Å². The highest BCUT2D eigenvalue weighted by atomic mass is 19.3. The van der Waals surface area contributed by atoms with Crippen molar-refractivity contribution < 1.29 is 53.7 Å². The fourth-order valence-corrected chi connectivity index (χ4v) is 2.15. The maximum Gasteiger partial charge on any atom is 0.371 e. The number of carboxylic acids is 1. The Labute approximate surface area is 127 Å². The molecule has 1 fully saturated rings. The number of alkyl halides is 2. The number of hydrogen-bond donors (Lipinski definition) is 7. The maximum atomic E-state index is 14.0. The minimum atomic E-state index is -4.76. The Morgan fingerprint density at radius 2 is 1.87 bits per heavy atom. The van der Waals surface area contributed by atoms with Gasteiger partial charge in [0.2, 0.25) is 5.91 Å². The second-order valence-corrected chi connectivity index (χ2v) is 5.07. The quantitative estimate of drug-likeness (QED) is 0.265. The van der Waals surface area contributed by atoms with E-state index in [0.717, 1.165) is 6.92 Å². The molecule has 1 aliphatic rings. The van der Waals surface area contributed by atoms with Crippen LogP contribution < -0.4 is 5.32 Å². The number of hydrogen-bond acceptors (Lipinski definition) is 8. The number of ether oxygens (including phenoxy) is 1. The van der Waals surface area contributed by atoms with Gasteiger partial charge < -0.3 is 40.7 Å². The molecule has 0 saturated carbocycles. The lowest BCUT2D eigenvalue weighted by Crippen LogP contribution is -2.76. The van der Waals surface area contributed by atoms with E-state index in [9.17, 15) is 38.8 Å². The number of nitrogens with one attached hydrogen (secondary N) is 1. The number of aliphatic hydroxyl groups is 5. The van der Waals surface area contributed by atoms with Gasteiger partial charge in [-0.2, -0.15) is 8.78 Å². The summed E-state index contributed by atoms with van der Waals surface area (Å²) in [7, 11) is 0. The summed E-state index contributed by atoms with van der Waals surface area (Å²) in [5, 5.41) is 57.8. The summed E-state index contributed by atoms with van der Waals surface area (Å²) in [6, 6.07) is -2.07. The van der Waals surface area contributed by atoms with Crippen LogP contribution in [-0.4, -0.2) is 91.3 Å². The molecule has 7 N–H and O–H groups in total. The highest BCUT2D eigenvalue weighted by molar-refractivity contribution is 5.78. The predicted octanol–water partition coefficient (Wildman–Crippen LogP) is -3.63. The summed E-state index contributed by atoms with van der Waals surface area (Å²) < 4.78 is 32.3. The molecule has 0 aliphatic carbocycles. The minimum absolute atomic E-state index is 0.884. The molecule has 12 heteroatoms. The van der Waals surface area contributed by atoms with E-state index >= 15 is 0 Å². The second kappa shape index (κ2) is 6.59. The van der Waals surface area contributed by atoms with Crippen LogP contribution in [0.2, 0.25) is 0 Å². The van der Waals surface area contributed by atoms with Gasteiger partial charge in [0, 0.05) is 6.92 Å². The fraction of sp³-hybridized carbons (Fsp3) is 0.818. The number of halogens is 2. The molecule has 1 aliphatic heterocycles. The Morgan fingerprint density at radius 3 is 2.26 bits per heavy atom. The van der Waals surface area contributed by atoms with Crippen LogP contribution >= 0.6 is 0 Å². The number of carbonyl (C=O) groups is 2. The third-order valence-electron chi connectivity index (χ3n) is 3.40. The van der Waals surface area contributed by atoms with E-state index in [1.807, 2.05) is 5.32 Å². The first kappa shape index (κ1) is 19.6. The van der Waals surface area contributed by atoms with Crippen molar-refractivity contribution >= 4 is 11.9 Å². The standard InChI is InChI=1S/C11H17F2NO9/c1-3(16)14-5-7(6(18)4(17)2-15)23-11(22,9(20)21)10(12,13)8(5)19/h4-8,15,17-19,22H,2H2,1H3,(H,14,16)(H,20,21)/t4-,5+,6?,7-,8-,11+/m1/s1. The van der Waals surface area contributed by atoms with Gasteiger partial charge in [0.05, 0.1) is 12.6 Å². The van der Waals surface area contributed by atoms with Gasteiger partial charge in [0.15, 0.2) is 0 Å². The number of aliphatic carboxylic acids is 1. The Hall–Kier alpha value is -1.44. The van der Waals surface area contributed by atoms with E-state index < -0.39 is 60.7 Å².